The van der Waals surface area contributed by atoms with Crippen LogP contribution in [0.2, 0.25) is 0 Å². The first kappa shape index (κ1) is 11.8. The summed E-state index contributed by atoms with van der Waals surface area (Å²) in [5.41, 5.74) is 8.54. The highest BCUT2D eigenvalue weighted by Gasteiger charge is 2.34. The zero-order valence-electron chi connectivity index (χ0n) is 7.23. The predicted molar refractivity (Wildman–Crippen MR) is 52.1 cm³/mol. The maximum atomic E-state index is 12.3. The van der Waals surface area contributed by atoms with Crippen molar-refractivity contribution in [2.75, 3.05) is 5.73 Å². The van der Waals surface area contributed by atoms with E-state index in [9.17, 15) is 18.0 Å². The Morgan fingerprint density at radius 3 is 2.27 bits per heavy atom. The Labute approximate surface area is 91.4 Å². The van der Waals surface area contributed by atoms with Gasteiger partial charge < -0.3 is 11.5 Å². The molecular formula is C8H6BrF3N2O. The second-order valence-electron chi connectivity index (χ2n) is 2.75. The van der Waals surface area contributed by atoms with Gasteiger partial charge in [-0.15, -0.1) is 0 Å². The Bertz CT molecular complexity index is 417. The maximum absolute atomic E-state index is 12.3. The molecule has 0 aromatic heterocycles. The van der Waals surface area contributed by atoms with Crippen LogP contribution in [-0.4, -0.2) is 5.91 Å². The van der Waals surface area contributed by atoms with E-state index in [0.717, 1.165) is 12.1 Å². The number of carbonyl (C=O) groups is 1. The topological polar surface area (TPSA) is 69.1 Å². The third-order valence-corrected chi connectivity index (χ3v) is 2.60. The minimum Gasteiger partial charge on any atom is -0.397 e. The lowest BCUT2D eigenvalue weighted by Crippen LogP contribution is -2.15. The van der Waals surface area contributed by atoms with Crippen molar-refractivity contribution in [2.45, 2.75) is 6.18 Å². The van der Waals surface area contributed by atoms with Crippen LogP contribution in [0.25, 0.3) is 0 Å². The number of hydrogen-bond acceptors (Lipinski definition) is 2. The molecule has 0 saturated carbocycles. The van der Waals surface area contributed by atoms with E-state index in [1.165, 1.54) is 0 Å². The Balaban J connectivity index is 3.41. The number of hydrogen-bond donors (Lipinski definition) is 2. The van der Waals surface area contributed by atoms with Crippen LogP contribution in [0, 0.1) is 0 Å². The van der Waals surface area contributed by atoms with Crippen molar-refractivity contribution in [1.82, 2.24) is 0 Å². The van der Waals surface area contributed by atoms with Crippen molar-refractivity contribution >= 4 is 27.5 Å². The lowest BCUT2D eigenvalue weighted by molar-refractivity contribution is -0.136. The molecule has 1 amide bonds. The number of benzene rings is 1. The molecule has 3 nitrogen and oxygen atoms in total. The Morgan fingerprint density at radius 2 is 1.87 bits per heavy atom. The van der Waals surface area contributed by atoms with E-state index in [0.29, 0.717) is 0 Å². The minimum absolute atomic E-state index is 0.0829. The van der Waals surface area contributed by atoms with Crippen LogP contribution in [0.3, 0.4) is 0 Å². The standard InChI is InChI=1S/C8H6BrF3N2O/c9-5-3(7(14)15)1-2-4(6(5)13)8(10,11)12/h1-2H,13H2,(H2,14,15). The first-order chi connectivity index (χ1) is 6.75. The maximum Gasteiger partial charge on any atom is 0.418 e. The number of halogens is 4. The molecule has 0 heterocycles. The second-order valence-corrected chi connectivity index (χ2v) is 3.54. The summed E-state index contributed by atoms with van der Waals surface area (Å²) in [5.74, 6) is -0.845. The number of rotatable bonds is 1. The summed E-state index contributed by atoms with van der Waals surface area (Å²) in [6.07, 6.45) is -4.55. The van der Waals surface area contributed by atoms with Crippen molar-refractivity contribution in [3.05, 3.63) is 27.7 Å². The average Bonchev–Trinajstić information content (AvgIpc) is 2.06. The van der Waals surface area contributed by atoms with E-state index in [4.69, 9.17) is 11.5 Å². The van der Waals surface area contributed by atoms with Gasteiger partial charge in [-0.2, -0.15) is 13.2 Å². The fourth-order valence-corrected chi connectivity index (χ4v) is 1.57. The third kappa shape index (κ3) is 2.23. The second kappa shape index (κ2) is 3.73. The Hall–Kier alpha value is -1.24. The fourth-order valence-electron chi connectivity index (χ4n) is 1.03. The van der Waals surface area contributed by atoms with Crippen molar-refractivity contribution in [3.63, 3.8) is 0 Å². The first-order valence-electron chi connectivity index (χ1n) is 3.70. The smallest absolute Gasteiger partial charge is 0.397 e. The van der Waals surface area contributed by atoms with Gasteiger partial charge in [-0.3, -0.25) is 4.79 Å². The molecule has 0 radical (unpaired) electrons. The third-order valence-electron chi connectivity index (χ3n) is 1.75. The van der Waals surface area contributed by atoms with Crippen molar-refractivity contribution < 1.29 is 18.0 Å². The molecule has 0 aliphatic carbocycles. The zero-order valence-corrected chi connectivity index (χ0v) is 8.82. The lowest BCUT2D eigenvalue weighted by Gasteiger charge is -2.12. The molecule has 0 bridgehead atoms. The Morgan fingerprint density at radius 1 is 1.33 bits per heavy atom. The minimum atomic E-state index is -4.55. The molecule has 0 spiro atoms. The van der Waals surface area contributed by atoms with Crippen LogP contribution >= 0.6 is 15.9 Å². The molecule has 0 aliphatic heterocycles. The molecule has 15 heavy (non-hydrogen) atoms. The molecule has 1 aromatic carbocycles. The molecular weight excluding hydrogens is 277 g/mol. The summed E-state index contributed by atoms with van der Waals surface area (Å²) in [6.45, 7) is 0. The van der Waals surface area contributed by atoms with E-state index in [2.05, 4.69) is 15.9 Å². The van der Waals surface area contributed by atoms with E-state index in [1.807, 2.05) is 0 Å². The molecule has 4 N–H and O–H groups in total. The van der Waals surface area contributed by atoms with Gasteiger partial charge in [0.05, 0.1) is 21.3 Å². The molecule has 0 unspecified atom stereocenters. The molecule has 1 rings (SSSR count). The lowest BCUT2D eigenvalue weighted by atomic mass is 10.1. The number of anilines is 1. The number of carbonyl (C=O) groups excluding carboxylic acids is 1. The van der Waals surface area contributed by atoms with Gasteiger partial charge in [0.1, 0.15) is 0 Å². The highest BCUT2D eigenvalue weighted by Crippen LogP contribution is 2.38. The van der Waals surface area contributed by atoms with E-state index in [-0.39, 0.29) is 10.0 Å². The van der Waals surface area contributed by atoms with Crippen LogP contribution in [0.15, 0.2) is 16.6 Å². The van der Waals surface area contributed by atoms with Crippen LogP contribution < -0.4 is 11.5 Å². The van der Waals surface area contributed by atoms with E-state index < -0.39 is 23.3 Å². The van der Waals surface area contributed by atoms with Crippen LogP contribution in [0.5, 0.6) is 0 Å². The van der Waals surface area contributed by atoms with Gasteiger partial charge in [0.25, 0.3) is 0 Å². The highest BCUT2D eigenvalue weighted by atomic mass is 79.9. The summed E-state index contributed by atoms with van der Waals surface area (Å²) in [5, 5.41) is 0. The molecule has 1 aromatic rings. The van der Waals surface area contributed by atoms with Crippen LogP contribution in [-0.2, 0) is 6.18 Å². The SMILES string of the molecule is NC(=O)c1ccc(C(F)(F)F)c(N)c1Br. The van der Waals surface area contributed by atoms with E-state index >= 15 is 0 Å². The molecule has 0 aliphatic rings. The van der Waals surface area contributed by atoms with Gasteiger partial charge in [-0.05, 0) is 28.1 Å². The van der Waals surface area contributed by atoms with Gasteiger partial charge in [-0.25, -0.2) is 0 Å². The first-order valence-corrected chi connectivity index (χ1v) is 4.49. The molecule has 0 atom stereocenters. The van der Waals surface area contributed by atoms with Gasteiger partial charge in [-0.1, -0.05) is 0 Å². The molecule has 0 saturated heterocycles. The summed E-state index contributed by atoms with van der Waals surface area (Å²) in [7, 11) is 0. The summed E-state index contributed by atoms with van der Waals surface area (Å²) < 4.78 is 36.9. The van der Waals surface area contributed by atoms with Gasteiger partial charge in [0.15, 0.2) is 0 Å². The van der Waals surface area contributed by atoms with Crippen molar-refractivity contribution in [1.29, 1.82) is 0 Å². The normalized spacial score (nSPS) is 11.5. The van der Waals surface area contributed by atoms with Gasteiger partial charge in [0.2, 0.25) is 5.91 Å². The predicted octanol–water partition coefficient (Wildman–Crippen LogP) is 2.15. The van der Waals surface area contributed by atoms with Gasteiger partial charge in [0, 0.05) is 0 Å². The van der Waals surface area contributed by atoms with Crippen molar-refractivity contribution in [2.24, 2.45) is 5.73 Å². The van der Waals surface area contributed by atoms with Crippen molar-refractivity contribution in [3.8, 4) is 0 Å². The Kier molecular flexibility index (Phi) is 2.94. The molecule has 7 heteroatoms. The number of alkyl halides is 3. The molecule has 0 fully saturated rings. The summed E-state index contributed by atoms with van der Waals surface area (Å²) in [6, 6.07) is 1.70. The molecule has 82 valence electrons. The number of nitrogens with two attached hydrogens (primary N) is 2. The number of primary amides is 1. The zero-order chi connectivity index (χ0) is 11.8. The quantitative estimate of drug-likeness (QED) is 0.775. The average molecular weight is 283 g/mol. The summed E-state index contributed by atoms with van der Waals surface area (Å²) >= 11 is 2.80. The van der Waals surface area contributed by atoms with Crippen LogP contribution in [0.4, 0.5) is 18.9 Å². The fraction of sp³-hybridized carbons (Fsp3) is 0.125. The highest BCUT2D eigenvalue weighted by molar-refractivity contribution is 9.10. The largest absolute Gasteiger partial charge is 0.418 e. The van der Waals surface area contributed by atoms with Gasteiger partial charge >= 0.3 is 6.18 Å². The monoisotopic (exact) mass is 282 g/mol. The van der Waals surface area contributed by atoms with Crippen LogP contribution in [0.1, 0.15) is 15.9 Å². The number of nitrogen functional groups attached to an aromatic ring is 1. The number of amides is 1. The van der Waals surface area contributed by atoms with E-state index in [1.54, 1.807) is 0 Å². The summed E-state index contributed by atoms with van der Waals surface area (Å²) in [4.78, 5) is 10.8.